The molecule has 4 N–H and O–H groups in total. The molecular formula is C29H37N5O4S. The Balaban J connectivity index is 1.36. The number of nitrogens with one attached hydrogen (secondary N) is 2. The molecule has 1 saturated heterocycles. The molecule has 3 heterocycles. The molecule has 208 valence electrons. The van der Waals surface area contributed by atoms with Gasteiger partial charge in [0.1, 0.15) is 6.04 Å². The van der Waals surface area contributed by atoms with E-state index in [2.05, 4.69) is 10.3 Å². The van der Waals surface area contributed by atoms with Crippen LogP contribution in [0.2, 0.25) is 0 Å². The average molecular weight is 552 g/mol. The monoisotopic (exact) mass is 551 g/mol. The topological polar surface area (TPSA) is 129 Å². The Hall–Kier alpha value is -3.37. The third-order valence-corrected chi connectivity index (χ3v) is 9.10. The van der Waals surface area contributed by atoms with Crippen molar-refractivity contribution in [3.05, 3.63) is 65.9 Å². The number of likely N-dealkylation sites (tertiary alicyclic amines) is 1. The highest BCUT2D eigenvalue weighted by Crippen LogP contribution is 2.47. The first-order chi connectivity index (χ1) is 18.4. The van der Waals surface area contributed by atoms with Gasteiger partial charge >= 0.3 is 0 Å². The van der Waals surface area contributed by atoms with Gasteiger partial charge in [-0.3, -0.25) is 13.9 Å². The Morgan fingerprint density at radius 1 is 1.10 bits per heavy atom. The number of piperidine rings is 1. The lowest BCUT2D eigenvalue weighted by molar-refractivity contribution is -0.138. The first-order valence-corrected chi connectivity index (χ1v) is 15.2. The minimum atomic E-state index is -3.42. The highest BCUT2D eigenvalue weighted by atomic mass is 32.2. The Bertz CT molecular complexity index is 1500. The van der Waals surface area contributed by atoms with Gasteiger partial charge in [0.05, 0.1) is 11.9 Å². The molecule has 3 aromatic rings. The summed E-state index contributed by atoms with van der Waals surface area (Å²) >= 11 is 0. The van der Waals surface area contributed by atoms with E-state index in [0.717, 1.165) is 27.7 Å². The molecule has 0 radical (unpaired) electrons. The SMILES string of the molecule is CC(C)(N)CC(=O)N[C@H](Cc1c[nH]c2ccccc12)C(=O)N1CCC2(CC1)CN(S(C)(=O)=O)c1ccccc12. The fourth-order valence-electron chi connectivity index (χ4n) is 6.06. The van der Waals surface area contributed by atoms with Crippen molar-refractivity contribution < 1.29 is 18.0 Å². The number of hydrogen-bond donors (Lipinski definition) is 3. The largest absolute Gasteiger partial charge is 0.361 e. The van der Waals surface area contributed by atoms with Crippen LogP contribution < -0.4 is 15.4 Å². The molecule has 1 spiro atoms. The number of carbonyl (C=O) groups is 2. The summed E-state index contributed by atoms with van der Waals surface area (Å²) < 4.78 is 26.6. The third-order valence-electron chi connectivity index (χ3n) is 7.97. The number of nitrogens with two attached hydrogens (primary N) is 1. The summed E-state index contributed by atoms with van der Waals surface area (Å²) in [6.07, 6.45) is 4.88. The molecule has 1 fully saturated rings. The van der Waals surface area contributed by atoms with E-state index in [9.17, 15) is 18.0 Å². The summed E-state index contributed by atoms with van der Waals surface area (Å²) in [5.74, 6) is -0.396. The smallest absolute Gasteiger partial charge is 0.245 e. The number of para-hydroxylation sites is 2. The molecule has 1 aromatic heterocycles. The Morgan fingerprint density at radius 3 is 2.46 bits per heavy atom. The van der Waals surface area contributed by atoms with Gasteiger partial charge in [-0.1, -0.05) is 36.4 Å². The predicted molar refractivity (Wildman–Crippen MR) is 153 cm³/mol. The number of carbonyl (C=O) groups excluding carboxylic acids is 2. The highest BCUT2D eigenvalue weighted by molar-refractivity contribution is 7.92. The lowest BCUT2D eigenvalue weighted by Crippen LogP contribution is -2.55. The molecule has 0 saturated carbocycles. The van der Waals surface area contributed by atoms with Crippen LogP contribution in [0.3, 0.4) is 0 Å². The molecule has 0 aliphatic carbocycles. The number of nitrogens with zero attached hydrogens (tertiary/aromatic N) is 2. The Kier molecular flexibility index (Phi) is 6.97. The van der Waals surface area contributed by atoms with Gasteiger partial charge in [-0.05, 0) is 49.9 Å². The van der Waals surface area contributed by atoms with Crippen molar-refractivity contribution in [2.24, 2.45) is 5.73 Å². The van der Waals surface area contributed by atoms with Crippen molar-refractivity contribution in [3.63, 3.8) is 0 Å². The summed E-state index contributed by atoms with van der Waals surface area (Å²) in [5, 5.41) is 3.98. The van der Waals surface area contributed by atoms with Gasteiger partial charge in [0, 0.05) is 60.5 Å². The van der Waals surface area contributed by atoms with Crippen LogP contribution >= 0.6 is 0 Å². The van der Waals surface area contributed by atoms with Crippen molar-refractivity contribution in [3.8, 4) is 0 Å². The first-order valence-electron chi connectivity index (χ1n) is 13.4. The van der Waals surface area contributed by atoms with Crippen molar-refractivity contribution in [2.75, 3.05) is 30.2 Å². The third kappa shape index (κ3) is 5.53. The van der Waals surface area contributed by atoms with Gasteiger partial charge in [0.2, 0.25) is 21.8 Å². The van der Waals surface area contributed by atoms with E-state index in [0.29, 0.717) is 38.9 Å². The molecule has 9 nitrogen and oxygen atoms in total. The van der Waals surface area contributed by atoms with Crippen LogP contribution in [0.5, 0.6) is 0 Å². The van der Waals surface area contributed by atoms with Crippen molar-refractivity contribution in [1.29, 1.82) is 0 Å². The molecule has 10 heteroatoms. The number of fused-ring (bicyclic) bond motifs is 3. The molecule has 2 amide bonds. The van der Waals surface area contributed by atoms with E-state index in [1.54, 1.807) is 13.8 Å². The molecule has 1 atom stereocenters. The second-order valence-electron chi connectivity index (χ2n) is 11.7. The molecule has 0 unspecified atom stereocenters. The van der Waals surface area contributed by atoms with E-state index in [-0.39, 0.29) is 23.7 Å². The molecule has 2 aliphatic heterocycles. The predicted octanol–water partition coefficient (Wildman–Crippen LogP) is 2.66. The number of hydrogen-bond acceptors (Lipinski definition) is 5. The standard InChI is InChI=1S/C29H37N5O4S/c1-28(2,30)17-26(35)32-24(16-20-18-31-23-10-6-4-8-21(20)23)27(36)33-14-12-29(13-15-33)19-34(39(3,37)38)25-11-7-5-9-22(25)29/h4-11,18,24,31H,12-17,19,30H2,1-3H3,(H,32,35)/t24-/m1/s1. The van der Waals surface area contributed by atoms with Crippen molar-refractivity contribution in [2.45, 2.75) is 56.5 Å². The second kappa shape index (κ2) is 9.98. The highest BCUT2D eigenvalue weighted by Gasteiger charge is 2.47. The normalized spacial score (nSPS) is 17.8. The van der Waals surface area contributed by atoms with Crippen LogP contribution in [0.4, 0.5) is 5.69 Å². The number of amides is 2. The second-order valence-corrected chi connectivity index (χ2v) is 13.6. The zero-order chi connectivity index (χ0) is 28.0. The van der Waals surface area contributed by atoms with Crippen LogP contribution in [0, 0.1) is 0 Å². The maximum absolute atomic E-state index is 13.9. The summed E-state index contributed by atoms with van der Waals surface area (Å²) in [7, 11) is -3.42. The number of anilines is 1. The van der Waals surface area contributed by atoms with Gasteiger partial charge in [0.15, 0.2) is 0 Å². The Morgan fingerprint density at radius 2 is 1.77 bits per heavy atom. The number of H-pyrrole nitrogens is 1. The maximum atomic E-state index is 13.9. The number of aromatic nitrogens is 1. The van der Waals surface area contributed by atoms with Gasteiger partial charge in [0.25, 0.3) is 0 Å². The van der Waals surface area contributed by atoms with E-state index < -0.39 is 21.6 Å². The van der Waals surface area contributed by atoms with Gasteiger partial charge in [-0.25, -0.2) is 8.42 Å². The lowest BCUT2D eigenvalue weighted by Gasteiger charge is -2.41. The van der Waals surface area contributed by atoms with E-state index in [1.165, 1.54) is 10.6 Å². The average Bonchev–Trinajstić information content (AvgIpc) is 3.42. The fraction of sp³-hybridized carbons (Fsp3) is 0.448. The summed E-state index contributed by atoms with van der Waals surface area (Å²) in [5.41, 5.74) is 8.73. The van der Waals surface area contributed by atoms with Gasteiger partial charge in [-0.15, -0.1) is 0 Å². The zero-order valence-electron chi connectivity index (χ0n) is 22.7. The molecular weight excluding hydrogens is 514 g/mol. The number of aromatic amines is 1. The number of sulfonamides is 1. The summed E-state index contributed by atoms with van der Waals surface area (Å²) in [4.78, 5) is 31.8. The minimum Gasteiger partial charge on any atom is -0.361 e. The van der Waals surface area contributed by atoms with Crippen LogP contribution in [-0.2, 0) is 31.4 Å². The van der Waals surface area contributed by atoms with Crippen molar-refractivity contribution in [1.82, 2.24) is 15.2 Å². The van der Waals surface area contributed by atoms with Gasteiger partial charge in [-0.2, -0.15) is 0 Å². The minimum absolute atomic E-state index is 0.103. The zero-order valence-corrected chi connectivity index (χ0v) is 23.6. The van der Waals surface area contributed by atoms with E-state index in [4.69, 9.17) is 5.73 Å². The first kappa shape index (κ1) is 27.2. The maximum Gasteiger partial charge on any atom is 0.245 e. The lowest BCUT2D eigenvalue weighted by atomic mass is 9.74. The van der Waals surface area contributed by atoms with Gasteiger partial charge < -0.3 is 20.9 Å². The molecule has 39 heavy (non-hydrogen) atoms. The molecule has 2 aromatic carbocycles. The van der Waals surface area contributed by atoms with Crippen LogP contribution in [0.15, 0.2) is 54.7 Å². The quantitative estimate of drug-likeness (QED) is 0.416. The molecule has 0 bridgehead atoms. The summed E-state index contributed by atoms with van der Waals surface area (Å²) in [6.45, 7) is 4.91. The molecule has 5 rings (SSSR count). The molecule has 2 aliphatic rings. The van der Waals surface area contributed by atoms with E-state index >= 15 is 0 Å². The van der Waals surface area contributed by atoms with Crippen molar-refractivity contribution >= 4 is 38.4 Å². The van der Waals surface area contributed by atoms with Crippen LogP contribution in [-0.4, -0.2) is 67.6 Å². The van der Waals surface area contributed by atoms with E-state index in [1.807, 2.05) is 59.6 Å². The fourth-order valence-corrected chi connectivity index (χ4v) is 7.06. The van der Waals surface area contributed by atoms with Crippen LogP contribution in [0.1, 0.15) is 44.2 Å². The van der Waals surface area contributed by atoms with Crippen LogP contribution in [0.25, 0.3) is 10.9 Å². The number of rotatable bonds is 7. The Labute approximate surface area is 229 Å². The number of benzene rings is 2. The summed E-state index contributed by atoms with van der Waals surface area (Å²) in [6, 6.07) is 14.8.